The van der Waals surface area contributed by atoms with Gasteiger partial charge in [0.05, 0.1) is 0 Å². The molecular weight excluding hydrogens is 188 g/mol. The molecule has 0 aromatic carbocycles. The second-order valence-electron chi connectivity index (χ2n) is 4.39. The van der Waals surface area contributed by atoms with Crippen molar-refractivity contribution in [3.63, 3.8) is 0 Å². The molecule has 1 fully saturated rings. The fourth-order valence-electron chi connectivity index (χ4n) is 2.32. The predicted octanol–water partition coefficient (Wildman–Crippen LogP) is 1.09. The first-order chi connectivity index (χ1) is 7.20. The predicted molar refractivity (Wildman–Crippen MR) is 62.2 cm³/mol. The molecule has 0 aliphatic carbocycles. The van der Waals surface area contributed by atoms with Crippen LogP contribution in [0.15, 0.2) is 12.4 Å². The van der Waals surface area contributed by atoms with Crippen molar-refractivity contribution in [3.8, 4) is 0 Å². The first-order valence-corrected chi connectivity index (χ1v) is 5.72. The Hall–Kier alpha value is -1.03. The van der Waals surface area contributed by atoms with Crippen LogP contribution in [-0.2, 0) is 6.54 Å². The first-order valence-electron chi connectivity index (χ1n) is 5.72. The van der Waals surface area contributed by atoms with Crippen LogP contribution in [0.3, 0.4) is 0 Å². The molecule has 2 heterocycles. The van der Waals surface area contributed by atoms with E-state index < -0.39 is 0 Å². The van der Waals surface area contributed by atoms with Crippen molar-refractivity contribution in [2.75, 3.05) is 18.0 Å². The van der Waals surface area contributed by atoms with Gasteiger partial charge in [-0.05, 0) is 20.8 Å². The average Bonchev–Trinajstić information content (AvgIpc) is 2.63. The summed E-state index contributed by atoms with van der Waals surface area (Å²) in [6.07, 6.45) is 3.93. The fourth-order valence-corrected chi connectivity index (χ4v) is 2.32. The zero-order valence-electron chi connectivity index (χ0n) is 9.77. The Morgan fingerprint density at radius 2 is 2.07 bits per heavy atom. The van der Waals surface area contributed by atoms with E-state index in [2.05, 4.69) is 40.5 Å². The summed E-state index contributed by atoms with van der Waals surface area (Å²) < 4.78 is 2.20. The number of nitrogens with zero attached hydrogens (tertiary/aromatic N) is 3. The monoisotopic (exact) mass is 208 g/mol. The minimum atomic E-state index is 0.538. The number of anilines is 1. The molecule has 0 bridgehead atoms. The van der Waals surface area contributed by atoms with Crippen LogP contribution in [0.25, 0.3) is 0 Å². The Balaban J connectivity index is 2.16. The fraction of sp³-hybridized carbons (Fsp3) is 0.727. The molecular formula is C11H20N4. The number of nitrogens with one attached hydrogen (secondary N) is 1. The van der Waals surface area contributed by atoms with Gasteiger partial charge in [0.1, 0.15) is 0 Å². The van der Waals surface area contributed by atoms with E-state index in [1.54, 1.807) is 0 Å². The zero-order chi connectivity index (χ0) is 10.8. The summed E-state index contributed by atoms with van der Waals surface area (Å²) >= 11 is 0. The number of aryl methyl sites for hydroxylation is 1. The molecule has 0 saturated carbocycles. The largest absolute Gasteiger partial charge is 0.339 e. The third kappa shape index (κ3) is 2.15. The van der Waals surface area contributed by atoms with Crippen molar-refractivity contribution in [1.29, 1.82) is 0 Å². The molecule has 1 aromatic rings. The van der Waals surface area contributed by atoms with Gasteiger partial charge in [-0.1, -0.05) is 0 Å². The molecule has 1 saturated heterocycles. The third-order valence-corrected chi connectivity index (χ3v) is 2.87. The van der Waals surface area contributed by atoms with Crippen molar-refractivity contribution in [3.05, 3.63) is 12.4 Å². The third-order valence-electron chi connectivity index (χ3n) is 2.87. The van der Waals surface area contributed by atoms with Crippen molar-refractivity contribution in [2.24, 2.45) is 0 Å². The van der Waals surface area contributed by atoms with Gasteiger partial charge in [0.2, 0.25) is 5.95 Å². The van der Waals surface area contributed by atoms with E-state index >= 15 is 0 Å². The Labute approximate surface area is 91.3 Å². The Morgan fingerprint density at radius 1 is 1.40 bits per heavy atom. The molecule has 1 N–H and O–H groups in total. The number of hydrogen-bond donors (Lipinski definition) is 1. The van der Waals surface area contributed by atoms with Crippen LogP contribution in [-0.4, -0.2) is 34.7 Å². The molecule has 4 heteroatoms. The van der Waals surface area contributed by atoms with E-state index in [1.807, 2.05) is 12.4 Å². The highest BCUT2D eigenvalue weighted by Gasteiger charge is 2.23. The Kier molecular flexibility index (Phi) is 2.95. The molecule has 2 rings (SSSR count). The molecule has 2 atom stereocenters. The summed E-state index contributed by atoms with van der Waals surface area (Å²) in [6, 6.07) is 1.08. The number of aromatic nitrogens is 2. The SMILES string of the molecule is CCn1ccnc1N1CC(C)NC(C)C1. The van der Waals surface area contributed by atoms with E-state index in [0.29, 0.717) is 12.1 Å². The first kappa shape index (κ1) is 10.5. The zero-order valence-corrected chi connectivity index (χ0v) is 9.77. The van der Waals surface area contributed by atoms with Gasteiger partial charge in [-0.15, -0.1) is 0 Å². The van der Waals surface area contributed by atoms with Gasteiger partial charge in [0.25, 0.3) is 0 Å². The molecule has 1 aliphatic rings. The van der Waals surface area contributed by atoms with Gasteiger partial charge in [-0.25, -0.2) is 4.98 Å². The van der Waals surface area contributed by atoms with Crippen LogP contribution in [0.5, 0.6) is 0 Å². The lowest BCUT2D eigenvalue weighted by atomic mass is 10.1. The summed E-state index contributed by atoms with van der Waals surface area (Å²) in [5.41, 5.74) is 0. The van der Waals surface area contributed by atoms with Gasteiger partial charge in [0.15, 0.2) is 0 Å². The lowest BCUT2D eigenvalue weighted by Gasteiger charge is -2.36. The van der Waals surface area contributed by atoms with Gasteiger partial charge in [-0.3, -0.25) is 0 Å². The van der Waals surface area contributed by atoms with E-state index in [1.165, 1.54) is 0 Å². The summed E-state index contributed by atoms with van der Waals surface area (Å²) in [5, 5.41) is 3.53. The summed E-state index contributed by atoms with van der Waals surface area (Å²) in [6.45, 7) is 9.68. The highest BCUT2D eigenvalue weighted by molar-refractivity contribution is 5.33. The molecule has 84 valence electrons. The standard InChI is InChI=1S/C11H20N4/c1-4-14-6-5-12-11(14)15-7-9(2)13-10(3)8-15/h5-6,9-10,13H,4,7-8H2,1-3H3. The minimum Gasteiger partial charge on any atom is -0.339 e. The smallest absolute Gasteiger partial charge is 0.205 e. The Morgan fingerprint density at radius 3 is 2.67 bits per heavy atom. The molecule has 0 spiro atoms. The molecule has 2 unspecified atom stereocenters. The quantitative estimate of drug-likeness (QED) is 0.790. The van der Waals surface area contributed by atoms with E-state index in [4.69, 9.17) is 0 Å². The van der Waals surface area contributed by atoms with Gasteiger partial charge in [0, 0.05) is 44.1 Å². The van der Waals surface area contributed by atoms with Crippen LogP contribution in [0.2, 0.25) is 0 Å². The van der Waals surface area contributed by atoms with Crippen molar-refractivity contribution < 1.29 is 0 Å². The van der Waals surface area contributed by atoms with E-state index in [9.17, 15) is 0 Å². The molecule has 0 radical (unpaired) electrons. The molecule has 15 heavy (non-hydrogen) atoms. The lowest BCUT2D eigenvalue weighted by Crippen LogP contribution is -2.54. The van der Waals surface area contributed by atoms with E-state index in [-0.39, 0.29) is 0 Å². The molecule has 0 amide bonds. The van der Waals surface area contributed by atoms with Crippen molar-refractivity contribution >= 4 is 5.95 Å². The summed E-state index contributed by atoms with van der Waals surface area (Å²) in [7, 11) is 0. The number of imidazole rings is 1. The average molecular weight is 208 g/mol. The lowest BCUT2D eigenvalue weighted by molar-refractivity contribution is 0.400. The maximum Gasteiger partial charge on any atom is 0.205 e. The topological polar surface area (TPSA) is 33.1 Å². The Bertz CT molecular complexity index is 310. The number of hydrogen-bond acceptors (Lipinski definition) is 3. The van der Waals surface area contributed by atoms with Crippen LogP contribution in [0.4, 0.5) is 5.95 Å². The molecule has 1 aromatic heterocycles. The second-order valence-corrected chi connectivity index (χ2v) is 4.39. The summed E-state index contributed by atoms with van der Waals surface area (Å²) in [4.78, 5) is 6.81. The van der Waals surface area contributed by atoms with Gasteiger partial charge >= 0.3 is 0 Å². The molecule has 4 nitrogen and oxygen atoms in total. The number of piperazine rings is 1. The highest BCUT2D eigenvalue weighted by atomic mass is 15.3. The van der Waals surface area contributed by atoms with Crippen molar-refractivity contribution in [2.45, 2.75) is 39.4 Å². The second kappa shape index (κ2) is 4.23. The van der Waals surface area contributed by atoms with Crippen LogP contribution < -0.4 is 10.2 Å². The van der Waals surface area contributed by atoms with Crippen LogP contribution >= 0.6 is 0 Å². The normalized spacial score (nSPS) is 27.0. The summed E-state index contributed by atoms with van der Waals surface area (Å²) in [5.74, 6) is 1.11. The van der Waals surface area contributed by atoms with E-state index in [0.717, 1.165) is 25.6 Å². The number of rotatable bonds is 2. The van der Waals surface area contributed by atoms with Crippen LogP contribution in [0, 0.1) is 0 Å². The van der Waals surface area contributed by atoms with Gasteiger partial charge < -0.3 is 14.8 Å². The highest BCUT2D eigenvalue weighted by Crippen LogP contribution is 2.15. The maximum atomic E-state index is 4.44. The van der Waals surface area contributed by atoms with Gasteiger partial charge in [-0.2, -0.15) is 0 Å². The maximum absolute atomic E-state index is 4.44. The van der Waals surface area contributed by atoms with Crippen molar-refractivity contribution in [1.82, 2.24) is 14.9 Å². The van der Waals surface area contributed by atoms with Crippen LogP contribution in [0.1, 0.15) is 20.8 Å². The molecule has 1 aliphatic heterocycles. The minimum absolute atomic E-state index is 0.538.